The van der Waals surface area contributed by atoms with Crippen molar-refractivity contribution in [3.05, 3.63) is 113 Å². The van der Waals surface area contributed by atoms with Crippen molar-refractivity contribution in [2.75, 3.05) is 12.4 Å². The minimum atomic E-state index is -0.223. The number of nitrogens with one attached hydrogen (secondary N) is 1. The molecule has 0 bridgehead atoms. The lowest BCUT2D eigenvalue weighted by Crippen LogP contribution is -2.13. The Hall–Kier alpha value is -3.41. The van der Waals surface area contributed by atoms with Crippen molar-refractivity contribution in [2.24, 2.45) is 0 Å². The first-order chi connectivity index (χ1) is 16.1. The van der Waals surface area contributed by atoms with Crippen LogP contribution in [0.4, 0.5) is 5.69 Å². The van der Waals surface area contributed by atoms with Gasteiger partial charge in [0, 0.05) is 26.8 Å². The van der Waals surface area contributed by atoms with Crippen molar-refractivity contribution in [2.45, 2.75) is 10.6 Å². The van der Waals surface area contributed by atoms with Gasteiger partial charge in [0.1, 0.15) is 11.5 Å². The summed E-state index contributed by atoms with van der Waals surface area (Å²) in [6.45, 7) is 0. The van der Waals surface area contributed by atoms with Crippen LogP contribution in [0.5, 0.6) is 17.2 Å². The zero-order chi connectivity index (χ0) is 23.0. The molecule has 0 radical (unpaired) electrons. The molecule has 4 rings (SSSR count). The first kappa shape index (κ1) is 22.8. The molecular formula is C27H22ClNO3S. The van der Waals surface area contributed by atoms with Gasteiger partial charge in [-0.25, -0.2) is 0 Å². The van der Waals surface area contributed by atoms with Crippen LogP contribution < -0.4 is 14.8 Å². The van der Waals surface area contributed by atoms with Crippen LogP contribution in [0.15, 0.2) is 102 Å². The molecule has 166 valence electrons. The van der Waals surface area contributed by atoms with Crippen molar-refractivity contribution in [1.29, 1.82) is 0 Å². The van der Waals surface area contributed by atoms with Gasteiger partial charge in [0.05, 0.1) is 12.8 Å². The second-order valence-corrected chi connectivity index (χ2v) is 8.62. The maximum atomic E-state index is 13.1. The van der Waals surface area contributed by atoms with E-state index in [1.54, 1.807) is 24.9 Å². The van der Waals surface area contributed by atoms with E-state index in [1.807, 2.05) is 91.0 Å². The number of hydrogen-bond acceptors (Lipinski definition) is 4. The van der Waals surface area contributed by atoms with Crippen LogP contribution >= 0.6 is 23.4 Å². The van der Waals surface area contributed by atoms with E-state index < -0.39 is 0 Å². The smallest absolute Gasteiger partial charge is 0.255 e. The lowest BCUT2D eigenvalue weighted by atomic mass is 10.1. The van der Waals surface area contributed by atoms with Gasteiger partial charge in [-0.1, -0.05) is 41.9 Å². The van der Waals surface area contributed by atoms with E-state index >= 15 is 0 Å². The number of benzene rings is 4. The van der Waals surface area contributed by atoms with Crippen molar-refractivity contribution in [3.63, 3.8) is 0 Å². The third kappa shape index (κ3) is 6.09. The molecule has 33 heavy (non-hydrogen) atoms. The molecule has 0 saturated heterocycles. The highest BCUT2D eigenvalue weighted by molar-refractivity contribution is 7.98. The van der Waals surface area contributed by atoms with Gasteiger partial charge < -0.3 is 14.8 Å². The molecule has 0 spiro atoms. The monoisotopic (exact) mass is 475 g/mol. The minimum Gasteiger partial charge on any atom is -0.496 e. The van der Waals surface area contributed by atoms with Crippen LogP contribution in [0.25, 0.3) is 0 Å². The van der Waals surface area contributed by atoms with E-state index in [1.165, 1.54) is 0 Å². The summed E-state index contributed by atoms with van der Waals surface area (Å²) < 4.78 is 11.5. The molecule has 0 unspecified atom stereocenters. The molecule has 0 fully saturated rings. The van der Waals surface area contributed by atoms with Gasteiger partial charge in [0.25, 0.3) is 5.91 Å². The summed E-state index contributed by atoms with van der Waals surface area (Å²) in [5, 5.41) is 3.67. The molecule has 4 aromatic rings. The molecule has 6 heteroatoms. The number of amides is 1. The van der Waals surface area contributed by atoms with E-state index in [4.69, 9.17) is 21.1 Å². The van der Waals surface area contributed by atoms with Gasteiger partial charge in [-0.3, -0.25) is 4.79 Å². The van der Waals surface area contributed by atoms with E-state index in [0.29, 0.717) is 33.5 Å². The Labute approximate surface area is 202 Å². The summed E-state index contributed by atoms with van der Waals surface area (Å²) in [6, 6.07) is 29.9. The number of hydrogen-bond donors (Lipinski definition) is 1. The van der Waals surface area contributed by atoms with Crippen molar-refractivity contribution >= 4 is 35.0 Å². The Kier molecular flexibility index (Phi) is 7.55. The summed E-state index contributed by atoms with van der Waals surface area (Å²) in [7, 11) is 1.63. The number of ether oxygens (including phenoxy) is 2. The normalized spacial score (nSPS) is 10.5. The molecule has 0 atom stereocenters. The first-order valence-electron chi connectivity index (χ1n) is 10.3. The van der Waals surface area contributed by atoms with Crippen LogP contribution in [0, 0.1) is 0 Å². The number of anilines is 1. The van der Waals surface area contributed by atoms with Gasteiger partial charge in [-0.2, -0.15) is 0 Å². The highest BCUT2D eigenvalue weighted by Crippen LogP contribution is 2.32. The van der Waals surface area contributed by atoms with Crippen molar-refractivity contribution < 1.29 is 14.3 Å². The van der Waals surface area contributed by atoms with Gasteiger partial charge in [0.15, 0.2) is 5.75 Å². The summed E-state index contributed by atoms with van der Waals surface area (Å²) in [5.41, 5.74) is 2.07. The number of carbonyl (C=O) groups is 1. The number of halogens is 1. The molecule has 0 aliphatic rings. The number of rotatable bonds is 8. The summed E-state index contributed by atoms with van der Waals surface area (Å²) in [5.74, 6) is 2.44. The molecule has 0 aromatic heterocycles. The van der Waals surface area contributed by atoms with Crippen LogP contribution in [0.1, 0.15) is 15.9 Å². The average Bonchev–Trinajstić information content (AvgIpc) is 2.85. The maximum Gasteiger partial charge on any atom is 0.255 e. The Morgan fingerprint density at radius 1 is 0.879 bits per heavy atom. The Balaban J connectivity index is 1.50. The van der Waals surface area contributed by atoms with E-state index in [2.05, 4.69) is 5.32 Å². The zero-order valence-electron chi connectivity index (χ0n) is 18.0. The standard InChI is InChI=1S/C27H22ClNO3S/c1-31-25-16-11-19(17-20(25)18-33-23-14-12-21(28)13-15-23)27(30)29-24-9-5-6-10-26(24)32-22-7-3-2-4-8-22/h2-17H,18H2,1H3,(H,29,30). The van der Waals surface area contributed by atoms with E-state index in [-0.39, 0.29) is 5.91 Å². The highest BCUT2D eigenvalue weighted by atomic mass is 35.5. The topological polar surface area (TPSA) is 47.6 Å². The minimum absolute atomic E-state index is 0.223. The Morgan fingerprint density at radius 2 is 1.61 bits per heavy atom. The fraction of sp³-hybridized carbons (Fsp3) is 0.0741. The molecule has 4 nitrogen and oxygen atoms in total. The average molecular weight is 476 g/mol. The number of carbonyl (C=O) groups excluding carboxylic acids is 1. The predicted molar refractivity (Wildman–Crippen MR) is 135 cm³/mol. The first-order valence-corrected chi connectivity index (χ1v) is 11.7. The molecule has 1 N–H and O–H groups in total. The van der Waals surface area contributed by atoms with Crippen LogP contribution in [-0.2, 0) is 5.75 Å². The SMILES string of the molecule is COc1ccc(C(=O)Nc2ccccc2Oc2ccccc2)cc1CSc1ccc(Cl)cc1. The maximum absolute atomic E-state index is 13.1. The van der Waals surface area contributed by atoms with Crippen LogP contribution in [0.3, 0.4) is 0 Å². The third-order valence-electron chi connectivity index (χ3n) is 4.86. The number of thioether (sulfide) groups is 1. The molecule has 0 heterocycles. The number of methoxy groups -OCH3 is 1. The van der Waals surface area contributed by atoms with Gasteiger partial charge >= 0.3 is 0 Å². The van der Waals surface area contributed by atoms with Crippen LogP contribution in [-0.4, -0.2) is 13.0 Å². The molecular weight excluding hydrogens is 454 g/mol. The lowest BCUT2D eigenvalue weighted by molar-refractivity contribution is 0.102. The largest absolute Gasteiger partial charge is 0.496 e. The summed E-state index contributed by atoms with van der Waals surface area (Å²) >= 11 is 7.62. The molecule has 0 aliphatic carbocycles. The number of para-hydroxylation sites is 3. The van der Waals surface area contributed by atoms with Crippen molar-refractivity contribution in [3.8, 4) is 17.2 Å². The van der Waals surface area contributed by atoms with Crippen molar-refractivity contribution in [1.82, 2.24) is 0 Å². The van der Waals surface area contributed by atoms with Gasteiger partial charge in [-0.05, 0) is 66.7 Å². The Bertz CT molecular complexity index is 1230. The second kappa shape index (κ2) is 10.9. The van der Waals surface area contributed by atoms with E-state index in [0.717, 1.165) is 16.2 Å². The van der Waals surface area contributed by atoms with Crippen LogP contribution in [0.2, 0.25) is 5.02 Å². The second-order valence-electron chi connectivity index (χ2n) is 7.13. The zero-order valence-corrected chi connectivity index (χ0v) is 19.5. The highest BCUT2D eigenvalue weighted by Gasteiger charge is 2.13. The van der Waals surface area contributed by atoms with E-state index in [9.17, 15) is 4.79 Å². The molecule has 4 aromatic carbocycles. The van der Waals surface area contributed by atoms with Gasteiger partial charge in [-0.15, -0.1) is 11.8 Å². The quantitative estimate of drug-likeness (QED) is 0.265. The fourth-order valence-electron chi connectivity index (χ4n) is 3.19. The summed E-state index contributed by atoms with van der Waals surface area (Å²) in [4.78, 5) is 14.1. The lowest BCUT2D eigenvalue weighted by Gasteiger charge is -2.14. The third-order valence-corrected chi connectivity index (χ3v) is 6.17. The predicted octanol–water partition coefficient (Wildman–Crippen LogP) is 7.69. The Morgan fingerprint density at radius 3 is 2.36 bits per heavy atom. The molecule has 1 amide bonds. The molecule has 0 saturated carbocycles. The molecule has 0 aliphatic heterocycles. The summed E-state index contributed by atoms with van der Waals surface area (Å²) in [6.07, 6.45) is 0. The fourth-order valence-corrected chi connectivity index (χ4v) is 4.20. The van der Waals surface area contributed by atoms with Gasteiger partial charge in [0.2, 0.25) is 0 Å².